The number of carbonyl (C=O) groups excluding carboxylic acids is 2. The molecule has 1 fully saturated rings. The third-order valence-electron chi connectivity index (χ3n) is 3.56. The number of likely N-dealkylation sites (tertiary alicyclic amines) is 1. The van der Waals surface area contributed by atoms with Gasteiger partial charge in [-0.1, -0.05) is 30.3 Å². The SMILES string of the molecule is NCC1CCN(CC(=O)NC(=O)Cc2ccccc2)C1. The first-order valence-electron chi connectivity index (χ1n) is 6.96. The van der Waals surface area contributed by atoms with E-state index in [2.05, 4.69) is 5.32 Å². The largest absolute Gasteiger partial charge is 0.330 e. The van der Waals surface area contributed by atoms with Crippen molar-refractivity contribution in [2.75, 3.05) is 26.2 Å². The van der Waals surface area contributed by atoms with Gasteiger partial charge in [-0.05, 0) is 31.0 Å². The fourth-order valence-electron chi connectivity index (χ4n) is 2.47. The fraction of sp³-hybridized carbons (Fsp3) is 0.467. The van der Waals surface area contributed by atoms with Crippen molar-refractivity contribution in [1.82, 2.24) is 10.2 Å². The van der Waals surface area contributed by atoms with Crippen LogP contribution in [0.4, 0.5) is 0 Å². The van der Waals surface area contributed by atoms with Crippen LogP contribution >= 0.6 is 0 Å². The van der Waals surface area contributed by atoms with Gasteiger partial charge in [0.1, 0.15) is 0 Å². The van der Waals surface area contributed by atoms with Crippen LogP contribution in [0.3, 0.4) is 0 Å². The maximum Gasteiger partial charge on any atom is 0.240 e. The van der Waals surface area contributed by atoms with E-state index in [4.69, 9.17) is 5.73 Å². The summed E-state index contributed by atoms with van der Waals surface area (Å²) in [5.74, 6) is -0.0119. The van der Waals surface area contributed by atoms with Crippen LogP contribution in [0.1, 0.15) is 12.0 Å². The third-order valence-corrected chi connectivity index (χ3v) is 3.56. The molecule has 2 amide bonds. The lowest BCUT2D eigenvalue weighted by molar-refractivity contribution is -0.130. The van der Waals surface area contributed by atoms with E-state index in [9.17, 15) is 9.59 Å². The van der Waals surface area contributed by atoms with E-state index < -0.39 is 0 Å². The Morgan fingerprint density at radius 2 is 2.00 bits per heavy atom. The van der Waals surface area contributed by atoms with Gasteiger partial charge in [-0.2, -0.15) is 0 Å². The van der Waals surface area contributed by atoms with Crippen molar-refractivity contribution in [2.45, 2.75) is 12.8 Å². The normalized spacial score (nSPS) is 18.9. The van der Waals surface area contributed by atoms with Crippen molar-refractivity contribution in [2.24, 2.45) is 11.7 Å². The summed E-state index contributed by atoms with van der Waals surface area (Å²) in [5, 5.41) is 2.44. The van der Waals surface area contributed by atoms with Crippen LogP contribution in [0.15, 0.2) is 30.3 Å². The van der Waals surface area contributed by atoms with Crippen LogP contribution in [-0.2, 0) is 16.0 Å². The van der Waals surface area contributed by atoms with E-state index >= 15 is 0 Å². The predicted octanol–water partition coefficient (Wildman–Crippen LogP) is 0.153. The number of hydrogen-bond acceptors (Lipinski definition) is 4. The van der Waals surface area contributed by atoms with Gasteiger partial charge in [0.05, 0.1) is 13.0 Å². The summed E-state index contributed by atoms with van der Waals surface area (Å²) in [5.41, 5.74) is 6.52. The van der Waals surface area contributed by atoms with Gasteiger partial charge in [-0.25, -0.2) is 0 Å². The number of carbonyl (C=O) groups is 2. The molecule has 1 heterocycles. The lowest BCUT2D eigenvalue weighted by atomic mass is 10.1. The molecule has 1 aromatic carbocycles. The van der Waals surface area contributed by atoms with E-state index in [1.165, 1.54) is 0 Å². The number of rotatable bonds is 5. The Morgan fingerprint density at radius 3 is 2.65 bits per heavy atom. The second kappa shape index (κ2) is 7.17. The summed E-state index contributed by atoms with van der Waals surface area (Å²) in [6.07, 6.45) is 1.26. The van der Waals surface area contributed by atoms with Crippen molar-refractivity contribution >= 4 is 11.8 Å². The Morgan fingerprint density at radius 1 is 1.25 bits per heavy atom. The average molecular weight is 275 g/mol. The minimum atomic E-state index is -0.254. The molecule has 1 saturated heterocycles. The standard InChI is InChI=1S/C15H21N3O2/c16-9-13-6-7-18(10-13)11-15(20)17-14(19)8-12-4-2-1-3-5-12/h1-5,13H,6-11,16H2,(H,17,19,20). The highest BCUT2D eigenvalue weighted by molar-refractivity contribution is 5.96. The highest BCUT2D eigenvalue weighted by atomic mass is 16.2. The van der Waals surface area contributed by atoms with Crippen molar-refractivity contribution in [3.8, 4) is 0 Å². The van der Waals surface area contributed by atoms with E-state index in [0.717, 1.165) is 25.1 Å². The summed E-state index contributed by atoms with van der Waals surface area (Å²) >= 11 is 0. The van der Waals surface area contributed by atoms with Crippen molar-refractivity contribution < 1.29 is 9.59 Å². The average Bonchev–Trinajstić information content (AvgIpc) is 2.87. The third kappa shape index (κ3) is 4.43. The zero-order chi connectivity index (χ0) is 14.4. The number of imide groups is 1. The molecule has 0 aliphatic carbocycles. The number of amides is 2. The van der Waals surface area contributed by atoms with Gasteiger partial charge in [0, 0.05) is 6.54 Å². The summed E-state index contributed by atoms with van der Waals surface area (Å²) in [7, 11) is 0. The maximum absolute atomic E-state index is 11.8. The molecule has 5 heteroatoms. The van der Waals surface area contributed by atoms with Crippen LogP contribution in [-0.4, -0.2) is 42.9 Å². The highest BCUT2D eigenvalue weighted by Crippen LogP contribution is 2.13. The molecule has 1 atom stereocenters. The number of nitrogens with zero attached hydrogens (tertiary/aromatic N) is 1. The van der Waals surface area contributed by atoms with Gasteiger partial charge in [0.25, 0.3) is 0 Å². The molecule has 1 aliphatic heterocycles. The summed E-state index contributed by atoms with van der Waals surface area (Å²) in [6.45, 7) is 2.65. The predicted molar refractivity (Wildman–Crippen MR) is 76.9 cm³/mol. The van der Waals surface area contributed by atoms with Crippen LogP contribution in [0.25, 0.3) is 0 Å². The minimum absolute atomic E-state index is 0.233. The zero-order valence-corrected chi connectivity index (χ0v) is 11.5. The Hall–Kier alpha value is -1.72. The summed E-state index contributed by atoms with van der Waals surface area (Å²) in [4.78, 5) is 25.6. The van der Waals surface area contributed by atoms with Crippen molar-refractivity contribution in [3.05, 3.63) is 35.9 Å². The van der Waals surface area contributed by atoms with E-state index in [1.807, 2.05) is 35.2 Å². The quantitative estimate of drug-likeness (QED) is 0.802. The van der Waals surface area contributed by atoms with Gasteiger partial charge < -0.3 is 5.73 Å². The van der Waals surface area contributed by atoms with Gasteiger partial charge in [0.15, 0.2) is 0 Å². The van der Waals surface area contributed by atoms with Crippen LogP contribution < -0.4 is 11.1 Å². The second-order valence-electron chi connectivity index (χ2n) is 5.26. The lowest BCUT2D eigenvalue weighted by Gasteiger charge is -2.14. The molecular weight excluding hydrogens is 254 g/mol. The maximum atomic E-state index is 11.8. The van der Waals surface area contributed by atoms with E-state index in [1.54, 1.807) is 0 Å². The number of nitrogens with two attached hydrogens (primary N) is 1. The van der Waals surface area contributed by atoms with Gasteiger partial charge in [-0.3, -0.25) is 19.8 Å². The molecule has 2 rings (SSSR count). The van der Waals surface area contributed by atoms with E-state index in [-0.39, 0.29) is 24.8 Å². The molecule has 3 N–H and O–H groups in total. The van der Waals surface area contributed by atoms with Crippen LogP contribution in [0, 0.1) is 5.92 Å². The molecule has 1 aromatic rings. The highest BCUT2D eigenvalue weighted by Gasteiger charge is 2.23. The van der Waals surface area contributed by atoms with Crippen LogP contribution in [0.2, 0.25) is 0 Å². The minimum Gasteiger partial charge on any atom is -0.330 e. The van der Waals surface area contributed by atoms with Crippen LogP contribution in [0.5, 0.6) is 0 Å². The molecule has 0 radical (unpaired) electrons. The molecule has 0 aromatic heterocycles. The molecule has 5 nitrogen and oxygen atoms in total. The molecule has 0 bridgehead atoms. The fourth-order valence-corrected chi connectivity index (χ4v) is 2.47. The molecule has 0 spiro atoms. The lowest BCUT2D eigenvalue weighted by Crippen LogP contribution is -2.40. The molecule has 1 aliphatic rings. The number of nitrogens with one attached hydrogen (secondary N) is 1. The smallest absolute Gasteiger partial charge is 0.240 e. The zero-order valence-electron chi connectivity index (χ0n) is 11.5. The first-order valence-corrected chi connectivity index (χ1v) is 6.96. The van der Waals surface area contributed by atoms with Gasteiger partial charge in [0.2, 0.25) is 11.8 Å². The number of benzene rings is 1. The Kier molecular flexibility index (Phi) is 5.26. The Labute approximate surface area is 119 Å². The Balaban J connectivity index is 1.73. The van der Waals surface area contributed by atoms with Crippen molar-refractivity contribution in [1.29, 1.82) is 0 Å². The van der Waals surface area contributed by atoms with Gasteiger partial charge in [-0.15, -0.1) is 0 Å². The Bertz CT molecular complexity index is 461. The monoisotopic (exact) mass is 275 g/mol. The summed E-state index contributed by atoms with van der Waals surface area (Å²) < 4.78 is 0. The first kappa shape index (κ1) is 14.7. The van der Waals surface area contributed by atoms with Gasteiger partial charge >= 0.3 is 0 Å². The molecule has 1 unspecified atom stereocenters. The number of hydrogen-bond donors (Lipinski definition) is 2. The van der Waals surface area contributed by atoms with Crippen molar-refractivity contribution in [3.63, 3.8) is 0 Å². The van der Waals surface area contributed by atoms with E-state index in [0.29, 0.717) is 12.5 Å². The molecule has 20 heavy (non-hydrogen) atoms. The topological polar surface area (TPSA) is 75.4 Å². The molecule has 108 valence electrons. The molecular formula is C15H21N3O2. The summed E-state index contributed by atoms with van der Waals surface area (Å²) in [6, 6.07) is 9.39. The first-order chi connectivity index (χ1) is 9.67. The second-order valence-corrected chi connectivity index (χ2v) is 5.26. The molecule has 0 saturated carbocycles.